The minimum absolute atomic E-state index is 0.112. The van der Waals surface area contributed by atoms with Crippen LogP contribution in [0.4, 0.5) is 0 Å². The molecule has 4 nitrogen and oxygen atoms in total. The van der Waals surface area contributed by atoms with Gasteiger partial charge in [0.25, 0.3) is 0 Å². The lowest BCUT2D eigenvalue weighted by molar-refractivity contribution is -0.227. The highest BCUT2D eigenvalue weighted by molar-refractivity contribution is 5.66. The molecule has 148 valence electrons. The van der Waals surface area contributed by atoms with E-state index < -0.39 is 0 Å². The molecule has 0 N–H and O–H groups in total. The molecule has 0 amide bonds. The first-order valence-corrected chi connectivity index (χ1v) is 10.6. The molecule has 4 heteroatoms. The summed E-state index contributed by atoms with van der Waals surface area (Å²) in [6.45, 7) is 4.61. The van der Waals surface area contributed by atoms with Gasteiger partial charge in [0.2, 0.25) is 0 Å². The molecule has 0 radical (unpaired) electrons. The van der Waals surface area contributed by atoms with Crippen LogP contribution < -0.4 is 0 Å². The largest absolute Gasteiger partial charge is 0.458 e. The quantitative estimate of drug-likeness (QED) is 0.276. The fourth-order valence-electron chi connectivity index (χ4n) is 3.32. The van der Waals surface area contributed by atoms with E-state index in [1.165, 1.54) is 84.0 Å². The average Bonchev–Trinajstić information content (AvgIpc) is 2.60. The third-order valence-corrected chi connectivity index (χ3v) is 4.81. The van der Waals surface area contributed by atoms with Crippen molar-refractivity contribution in [2.45, 2.75) is 116 Å². The van der Waals surface area contributed by atoms with Crippen molar-refractivity contribution in [3.63, 3.8) is 0 Å². The molecular weight excluding hydrogens is 316 g/mol. The first kappa shape index (κ1) is 22.4. The van der Waals surface area contributed by atoms with E-state index in [0.717, 1.165) is 12.8 Å². The van der Waals surface area contributed by atoms with Gasteiger partial charge in [0, 0.05) is 6.92 Å². The second-order valence-electron chi connectivity index (χ2n) is 7.36. The number of esters is 1. The summed E-state index contributed by atoms with van der Waals surface area (Å²) in [6.07, 6.45) is 18.4. The van der Waals surface area contributed by atoms with Crippen molar-refractivity contribution >= 4 is 5.97 Å². The highest BCUT2D eigenvalue weighted by atomic mass is 16.7. The van der Waals surface area contributed by atoms with Gasteiger partial charge in [-0.25, -0.2) is 0 Å². The molecule has 1 aliphatic rings. The zero-order chi connectivity index (χ0) is 18.2. The highest BCUT2D eigenvalue weighted by Crippen LogP contribution is 2.17. The third-order valence-electron chi connectivity index (χ3n) is 4.81. The molecule has 0 aliphatic carbocycles. The van der Waals surface area contributed by atoms with Crippen molar-refractivity contribution in [1.82, 2.24) is 0 Å². The molecule has 0 bridgehead atoms. The molecule has 0 aromatic heterocycles. The summed E-state index contributed by atoms with van der Waals surface area (Å²) in [5, 5.41) is 0. The minimum atomic E-state index is -0.271. The zero-order valence-corrected chi connectivity index (χ0v) is 16.6. The summed E-state index contributed by atoms with van der Waals surface area (Å²) in [5.41, 5.74) is 0. The van der Waals surface area contributed by atoms with Crippen molar-refractivity contribution in [3.8, 4) is 0 Å². The summed E-state index contributed by atoms with van der Waals surface area (Å²) >= 11 is 0. The first-order chi connectivity index (χ1) is 12.2. The van der Waals surface area contributed by atoms with Crippen LogP contribution in [0.3, 0.4) is 0 Å². The Morgan fingerprint density at radius 2 is 1.24 bits per heavy atom. The van der Waals surface area contributed by atoms with E-state index in [-0.39, 0.29) is 18.4 Å². The van der Waals surface area contributed by atoms with E-state index in [9.17, 15) is 4.79 Å². The lowest BCUT2D eigenvalue weighted by Crippen LogP contribution is -2.38. The number of carbonyl (C=O) groups is 1. The first-order valence-electron chi connectivity index (χ1n) is 10.6. The van der Waals surface area contributed by atoms with Crippen LogP contribution in [-0.4, -0.2) is 31.6 Å². The Labute approximate surface area is 155 Å². The maximum absolute atomic E-state index is 10.9. The van der Waals surface area contributed by atoms with Gasteiger partial charge in [-0.3, -0.25) is 4.79 Å². The Morgan fingerprint density at radius 3 is 1.68 bits per heavy atom. The Kier molecular flexibility index (Phi) is 14.0. The molecule has 0 atom stereocenters. The lowest BCUT2D eigenvalue weighted by atomic mass is 10.0. The minimum Gasteiger partial charge on any atom is -0.458 e. The monoisotopic (exact) mass is 356 g/mol. The number of rotatable bonds is 15. The number of hydrogen-bond donors (Lipinski definition) is 0. The molecule has 0 spiro atoms. The van der Waals surface area contributed by atoms with E-state index in [4.69, 9.17) is 14.2 Å². The van der Waals surface area contributed by atoms with Gasteiger partial charge in [-0.15, -0.1) is 0 Å². The predicted molar refractivity (Wildman–Crippen MR) is 102 cm³/mol. The lowest BCUT2D eigenvalue weighted by Gasteiger charge is -2.28. The van der Waals surface area contributed by atoms with Crippen LogP contribution in [0.1, 0.15) is 104 Å². The molecule has 1 rings (SSSR count). The number of carbonyl (C=O) groups excluding carboxylic acids is 1. The molecule has 1 aliphatic heterocycles. The van der Waals surface area contributed by atoms with Crippen LogP contribution in [-0.2, 0) is 19.0 Å². The van der Waals surface area contributed by atoms with Crippen LogP contribution in [0, 0.1) is 0 Å². The SMILES string of the molecule is CCCCCCCCCCCCCCCC1OCC(OC(C)=O)CO1. The van der Waals surface area contributed by atoms with Crippen molar-refractivity contribution in [1.29, 1.82) is 0 Å². The standard InChI is InChI=1S/C21H40O4/c1-3-4-5-6-7-8-9-10-11-12-13-14-15-16-21-23-17-20(18-24-21)25-19(2)22/h20-21H,3-18H2,1-2H3. The smallest absolute Gasteiger partial charge is 0.303 e. The molecule has 1 heterocycles. The Hall–Kier alpha value is -0.610. The summed E-state index contributed by atoms with van der Waals surface area (Å²) in [4.78, 5) is 10.9. The van der Waals surface area contributed by atoms with E-state index in [1.807, 2.05) is 0 Å². The summed E-state index contributed by atoms with van der Waals surface area (Å²) < 4.78 is 16.3. The van der Waals surface area contributed by atoms with Crippen LogP contribution >= 0.6 is 0 Å². The van der Waals surface area contributed by atoms with Crippen LogP contribution in [0.2, 0.25) is 0 Å². The molecule has 0 saturated carbocycles. The second-order valence-corrected chi connectivity index (χ2v) is 7.36. The molecule has 1 fully saturated rings. The van der Waals surface area contributed by atoms with Crippen molar-refractivity contribution in [2.75, 3.05) is 13.2 Å². The topological polar surface area (TPSA) is 44.8 Å². The maximum atomic E-state index is 10.9. The number of ether oxygens (including phenoxy) is 3. The van der Waals surface area contributed by atoms with Crippen molar-refractivity contribution < 1.29 is 19.0 Å². The van der Waals surface area contributed by atoms with E-state index in [1.54, 1.807) is 0 Å². The van der Waals surface area contributed by atoms with Crippen molar-refractivity contribution in [3.05, 3.63) is 0 Å². The van der Waals surface area contributed by atoms with E-state index in [2.05, 4.69) is 6.92 Å². The fourth-order valence-corrected chi connectivity index (χ4v) is 3.32. The summed E-state index contributed by atoms with van der Waals surface area (Å²) in [5.74, 6) is -0.271. The van der Waals surface area contributed by atoms with Crippen LogP contribution in [0.15, 0.2) is 0 Å². The third kappa shape index (κ3) is 13.3. The van der Waals surface area contributed by atoms with Gasteiger partial charge in [0.15, 0.2) is 6.29 Å². The number of unbranched alkanes of at least 4 members (excludes halogenated alkanes) is 12. The normalized spacial score (nSPS) is 20.6. The molecule has 0 unspecified atom stereocenters. The van der Waals surface area contributed by atoms with Gasteiger partial charge >= 0.3 is 5.97 Å². The van der Waals surface area contributed by atoms with Gasteiger partial charge in [-0.05, 0) is 12.8 Å². The maximum Gasteiger partial charge on any atom is 0.303 e. The van der Waals surface area contributed by atoms with Gasteiger partial charge in [0.05, 0.1) is 13.2 Å². The van der Waals surface area contributed by atoms with Crippen molar-refractivity contribution in [2.24, 2.45) is 0 Å². The molecule has 1 saturated heterocycles. The molecule has 0 aromatic rings. The van der Waals surface area contributed by atoms with E-state index in [0.29, 0.717) is 13.2 Å². The second kappa shape index (κ2) is 15.6. The number of hydrogen-bond acceptors (Lipinski definition) is 4. The average molecular weight is 357 g/mol. The Morgan fingerprint density at radius 1 is 0.800 bits per heavy atom. The highest BCUT2D eigenvalue weighted by Gasteiger charge is 2.23. The Bertz CT molecular complexity index is 311. The molecular formula is C21H40O4. The predicted octanol–water partition coefficient (Wildman–Crippen LogP) is 5.77. The Balaban J connectivity index is 1.78. The van der Waals surface area contributed by atoms with Gasteiger partial charge in [-0.2, -0.15) is 0 Å². The van der Waals surface area contributed by atoms with Gasteiger partial charge < -0.3 is 14.2 Å². The molecule has 25 heavy (non-hydrogen) atoms. The molecule has 0 aromatic carbocycles. The summed E-state index contributed by atoms with van der Waals surface area (Å²) in [6, 6.07) is 0. The van der Waals surface area contributed by atoms with Gasteiger partial charge in [0.1, 0.15) is 6.10 Å². The fraction of sp³-hybridized carbons (Fsp3) is 0.952. The zero-order valence-electron chi connectivity index (χ0n) is 16.6. The van der Waals surface area contributed by atoms with Crippen LogP contribution in [0.25, 0.3) is 0 Å². The van der Waals surface area contributed by atoms with E-state index >= 15 is 0 Å². The summed E-state index contributed by atoms with van der Waals surface area (Å²) in [7, 11) is 0. The van der Waals surface area contributed by atoms with Gasteiger partial charge in [-0.1, -0.05) is 84.0 Å². The van der Waals surface area contributed by atoms with Crippen LogP contribution in [0.5, 0.6) is 0 Å².